The maximum absolute atomic E-state index is 13.0. The molecule has 2 aromatic carbocycles. The van der Waals surface area contributed by atoms with Crippen molar-refractivity contribution in [1.82, 2.24) is 9.80 Å². The second-order valence-electron chi connectivity index (χ2n) is 7.00. The molecule has 1 saturated heterocycles. The number of rotatable bonds is 3. The van der Waals surface area contributed by atoms with Gasteiger partial charge in [0.05, 0.1) is 6.61 Å². The summed E-state index contributed by atoms with van der Waals surface area (Å²) in [5, 5.41) is 0.746. The molecule has 4 rings (SSSR count). The van der Waals surface area contributed by atoms with Gasteiger partial charge in [-0.25, -0.2) is 0 Å². The highest BCUT2D eigenvalue weighted by atomic mass is 35.5. The number of fused-ring (bicyclic) bond motifs is 1. The average molecular weight is 371 g/mol. The highest BCUT2D eigenvalue weighted by molar-refractivity contribution is 6.30. The van der Waals surface area contributed by atoms with E-state index in [-0.39, 0.29) is 12.0 Å². The van der Waals surface area contributed by atoms with Crippen LogP contribution in [0.25, 0.3) is 0 Å². The molecule has 2 aliphatic heterocycles. The summed E-state index contributed by atoms with van der Waals surface area (Å²) in [5.74, 6) is 0.107. The zero-order valence-electron chi connectivity index (χ0n) is 14.7. The van der Waals surface area contributed by atoms with Crippen molar-refractivity contribution < 1.29 is 9.53 Å². The van der Waals surface area contributed by atoms with Gasteiger partial charge in [0.1, 0.15) is 6.10 Å². The van der Waals surface area contributed by atoms with E-state index in [4.69, 9.17) is 16.3 Å². The summed E-state index contributed by atoms with van der Waals surface area (Å²) >= 11 is 6.08. The lowest BCUT2D eigenvalue weighted by molar-refractivity contribution is -0.150. The molecular weight excluding hydrogens is 348 g/mol. The molecule has 0 radical (unpaired) electrons. The zero-order valence-corrected chi connectivity index (χ0v) is 15.5. The van der Waals surface area contributed by atoms with Gasteiger partial charge in [-0.2, -0.15) is 0 Å². The Bertz CT molecular complexity index is 795. The Kier molecular flexibility index (Phi) is 5.25. The molecule has 4 nitrogen and oxygen atoms in total. The second kappa shape index (κ2) is 7.78. The number of carbonyl (C=O) groups excluding carboxylic acids is 1. The van der Waals surface area contributed by atoms with Crippen molar-refractivity contribution in [3.05, 3.63) is 70.2 Å². The molecule has 0 saturated carbocycles. The summed E-state index contributed by atoms with van der Waals surface area (Å²) in [7, 11) is 0. The number of carbonyl (C=O) groups is 1. The molecule has 5 heteroatoms. The van der Waals surface area contributed by atoms with Crippen LogP contribution in [0.15, 0.2) is 48.5 Å². The Balaban J connectivity index is 1.39. The van der Waals surface area contributed by atoms with E-state index in [0.717, 1.165) is 36.6 Å². The van der Waals surface area contributed by atoms with Crippen molar-refractivity contribution in [2.75, 3.05) is 26.2 Å². The Morgan fingerprint density at radius 1 is 1.12 bits per heavy atom. The van der Waals surface area contributed by atoms with Crippen LogP contribution in [-0.4, -0.2) is 48.1 Å². The number of ether oxygens (including phenoxy) is 1. The summed E-state index contributed by atoms with van der Waals surface area (Å²) in [4.78, 5) is 17.2. The first-order valence-electron chi connectivity index (χ1n) is 9.13. The number of nitrogens with zero attached hydrogens (tertiary/aromatic N) is 2. The molecule has 2 aliphatic rings. The molecule has 26 heavy (non-hydrogen) atoms. The fraction of sp³-hybridized carbons (Fsp3) is 0.381. The summed E-state index contributed by atoms with van der Waals surface area (Å²) in [6, 6.07) is 16.3. The molecular formula is C21H23ClN2O2. The smallest absolute Gasteiger partial charge is 0.253 e. The highest BCUT2D eigenvalue weighted by Gasteiger charge is 2.31. The number of hydrogen-bond acceptors (Lipinski definition) is 3. The Hall–Kier alpha value is -1.88. The molecule has 0 aliphatic carbocycles. The lowest BCUT2D eigenvalue weighted by atomic mass is 9.99. The van der Waals surface area contributed by atoms with Crippen LogP contribution in [0, 0.1) is 0 Å². The van der Waals surface area contributed by atoms with E-state index >= 15 is 0 Å². The van der Waals surface area contributed by atoms with Gasteiger partial charge in [0.2, 0.25) is 0 Å². The average Bonchev–Trinajstić information content (AvgIpc) is 2.67. The van der Waals surface area contributed by atoms with Crippen molar-refractivity contribution in [2.45, 2.75) is 25.6 Å². The van der Waals surface area contributed by atoms with Crippen molar-refractivity contribution >= 4 is 17.5 Å². The van der Waals surface area contributed by atoms with Gasteiger partial charge in [-0.1, -0.05) is 48.0 Å². The molecule has 2 heterocycles. The fourth-order valence-electron chi connectivity index (χ4n) is 3.78. The maximum atomic E-state index is 13.0. The summed E-state index contributed by atoms with van der Waals surface area (Å²) < 4.78 is 5.81. The number of benzene rings is 2. The first kappa shape index (κ1) is 17.5. The van der Waals surface area contributed by atoms with Crippen LogP contribution in [0.2, 0.25) is 5.02 Å². The van der Waals surface area contributed by atoms with Crippen LogP contribution in [0.5, 0.6) is 0 Å². The van der Waals surface area contributed by atoms with Crippen LogP contribution in [-0.2, 0) is 29.0 Å². The Morgan fingerprint density at radius 3 is 2.81 bits per heavy atom. The fourth-order valence-corrected chi connectivity index (χ4v) is 3.99. The van der Waals surface area contributed by atoms with Gasteiger partial charge in [-0.15, -0.1) is 0 Å². The van der Waals surface area contributed by atoms with E-state index in [1.807, 2.05) is 29.2 Å². The molecule has 1 atom stereocenters. The SMILES string of the molecule is O=C(C1CN(Cc2cccc(Cl)c2)CCO1)N1CCc2ccccc2C1. The second-order valence-corrected chi connectivity index (χ2v) is 7.44. The van der Waals surface area contributed by atoms with E-state index in [2.05, 4.69) is 29.2 Å². The van der Waals surface area contributed by atoms with Gasteiger partial charge >= 0.3 is 0 Å². The first-order chi connectivity index (χ1) is 12.7. The van der Waals surface area contributed by atoms with E-state index in [1.165, 1.54) is 11.1 Å². The molecule has 1 unspecified atom stereocenters. The predicted molar refractivity (Wildman–Crippen MR) is 102 cm³/mol. The summed E-state index contributed by atoms with van der Waals surface area (Å²) in [6.45, 7) is 4.29. The molecule has 1 fully saturated rings. The quantitative estimate of drug-likeness (QED) is 0.832. The minimum absolute atomic E-state index is 0.107. The minimum Gasteiger partial charge on any atom is -0.366 e. The van der Waals surface area contributed by atoms with Crippen LogP contribution >= 0.6 is 11.6 Å². The zero-order chi connectivity index (χ0) is 17.9. The highest BCUT2D eigenvalue weighted by Crippen LogP contribution is 2.21. The predicted octanol–water partition coefficient (Wildman–Crippen LogP) is 3.13. The van der Waals surface area contributed by atoms with Crippen LogP contribution in [0.4, 0.5) is 0 Å². The van der Waals surface area contributed by atoms with Crippen molar-refractivity contribution in [3.63, 3.8) is 0 Å². The number of halogens is 1. The molecule has 0 spiro atoms. The first-order valence-corrected chi connectivity index (χ1v) is 9.51. The third-order valence-electron chi connectivity index (χ3n) is 5.16. The van der Waals surface area contributed by atoms with E-state index in [9.17, 15) is 4.79 Å². The van der Waals surface area contributed by atoms with Crippen molar-refractivity contribution in [3.8, 4) is 0 Å². The topological polar surface area (TPSA) is 32.8 Å². The molecule has 136 valence electrons. The van der Waals surface area contributed by atoms with Gasteiger partial charge in [0, 0.05) is 37.7 Å². The molecule has 0 N–H and O–H groups in total. The molecule has 1 amide bonds. The lowest BCUT2D eigenvalue weighted by Gasteiger charge is -2.36. The minimum atomic E-state index is -0.381. The van der Waals surface area contributed by atoms with Gasteiger partial charge in [0.15, 0.2) is 0 Å². The number of hydrogen-bond donors (Lipinski definition) is 0. The van der Waals surface area contributed by atoms with E-state index < -0.39 is 0 Å². The Labute approximate surface area is 159 Å². The molecule has 2 aromatic rings. The van der Waals surface area contributed by atoms with Gasteiger partial charge in [-0.05, 0) is 35.2 Å². The summed E-state index contributed by atoms with van der Waals surface area (Å²) in [6.07, 6.45) is 0.536. The van der Waals surface area contributed by atoms with Crippen LogP contribution in [0.3, 0.4) is 0 Å². The van der Waals surface area contributed by atoms with Crippen molar-refractivity contribution in [1.29, 1.82) is 0 Å². The molecule has 0 bridgehead atoms. The van der Waals surface area contributed by atoms with Crippen molar-refractivity contribution in [2.24, 2.45) is 0 Å². The van der Waals surface area contributed by atoms with Gasteiger partial charge in [0.25, 0.3) is 5.91 Å². The van der Waals surface area contributed by atoms with Crippen LogP contribution in [0.1, 0.15) is 16.7 Å². The lowest BCUT2D eigenvalue weighted by Crippen LogP contribution is -2.51. The van der Waals surface area contributed by atoms with Gasteiger partial charge < -0.3 is 9.64 Å². The standard InChI is InChI=1S/C21H23ClN2O2/c22-19-7-3-4-16(12-19)13-23-10-11-26-20(15-23)21(25)24-9-8-17-5-1-2-6-18(17)14-24/h1-7,12,20H,8-11,13-15H2. The third kappa shape index (κ3) is 3.93. The maximum Gasteiger partial charge on any atom is 0.253 e. The largest absolute Gasteiger partial charge is 0.366 e. The van der Waals surface area contributed by atoms with E-state index in [1.54, 1.807) is 0 Å². The van der Waals surface area contributed by atoms with E-state index in [0.29, 0.717) is 19.7 Å². The molecule has 0 aromatic heterocycles. The number of amides is 1. The van der Waals surface area contributed by atoms with Gasteiger partial charge in [-0.3, -0.25) is 9.69 Å². The Morgan fingerprint density at radius 2 is 1.96 bits per heavy atom. The number of morpholine rings is 1. The monoisotopic (exact) mass is 370 g/mol. The van der Waals surface area contributed by atoms with Crippen LogP contribution < -0.4 is 0 Å². The summed E-state index contributed by atoms with van der Waals surface area (Å²) in [5.41, 5.74) is 3.76. The normalized spacial score (nSPS) is 20.7. The third-order valence-corrected chi connectivity index (χ3v) is 5.40.